The van der Waals surface area contributed by atoms with Crippen molar-refractivity contribution in [3.8, 4) is 0 Å². The number of rotatable bonds is 8. The summed E-state index contributed by atoms with van der Waals surface area (Å²) in [5.41, 5.74) is 0. The zero-order valence-corrected chi connectivity index (χ0v) is 14.3. The van der Waals surface area contributed by atoms with Crippen molar-refractivity contribution in [3.63, 3.8) is 0 Å². The van der Waals surface area contributed by atoms with Crippen LogP contribution >= 0.6 is 15.6 Å². The van der Waals surface area contributed by atoms with Crippen LogP contribution in [-0.2, 0) is 39.9 Å². The molecule has 19 heavy (non-hydrogen) atoms. The fraction of sp³-hybridized carbons (Fsp3) is 1.00. The molecular formula is C8H18O8P2Ti. The molecule has 0 spiro atoms. The second kappa shape index (κ2) is 13.9. The van der Waals surface area contributed by atoms with Gasteiger partial charge in [-0.15, -0.1) is 0 Å². The van der Waals surface area contributed by atoms with Crippen LogP contribution in [0.25, 0.3) is 0 Å². The van der Waals surface area contributed by atoms with Gasteiger partial charge in [0.05, 0.1) is 28.9 Å². The Hall–Kier alpha value is 0.934. The Bertz CT molecular complexity index is 248. The van der Waals surface area contributed by atoms with Crippen molar-refractivity contribution in [2.75, 3.05) is 13.2 Å². The van der Waals surface area contributed by atoms with Gasteiger partial charge in [-0.05, 0) is 12.8 Å². The van der Waals surface area contributed by atoms with E-state index >= 15 is 0 Å². The third-order valence-corrected chi connectivity index (χ3v) is 2.49. The largest absolute Gasteiger partial charge is 4.00 e. The molecular weight excluding hydrogens is 334 g/mol. The summed E-state index contributed by atoms with van der Waals surface area (Å²) in [6.45, 7) is 3.79. The van der Waals surface area contributed by atoms with Gasteiger partial charge in [0.15, 0.2) is 0 Å². The molecule has 0 aliphatic carbocycles. The van der Waals surface area contributed by atoms with Gasteiger partial charge in [0, 0.05) is 0 Å². The first kappa shape index (κ1) is 24.9. The SMILES string of the molecule is CCCCOP(=O)([O-])[O-].CCCCOP(=O)([O-])[O-].[Ti+4]. The summed E-state index contributed by atoms with van der Waals surface area (Å²) in [7, 11) is -9.39. The molecule has 11 heteroatoms. The maximum absolute atomic E-state index is 9.76. The Labute approximate surface area is 128 Å². The average molecular weight is 352 g/mol. The van der Waals surface area contributed by atoms with Crippen molar-refractivity contribution >= 4 is 15.6 Å². The van der Waals surface area contributed by atoms with E-state index in [-0.39, 0.29) is 34.9 Å². The van der Waals surface area contributed by atoms with Crippen LogP contribution in [0.5, 0.6) is 0 Å². The van der Waals surface area contributed by atoms with E-state index in [1.165, 1.54) is 0 Å². The smallest absolute Gasteiger partial charge is 0.790 e. The number of phosphoric ester groups is 2. The third kappa shape index (κ3) is 32.5. The first-order valence-corrected chi connectivity index (χ1v) is 8.37. The quantitative estimate of drug-likeness (QED) is 0.315. The van der Waals surface area contributed by atoms with E-state index in [1.807, 2.05) is 13.8 Å². The molecule has 0 heterocycles. The van der Waals surface area contributed by atoms with Crippen LogP contribution in [0.3, 0.4) is 0 Å². The molecule has 0 unspecified atom stereocenters. The molecule has 0 atom stereocenters. The van der Waals surface area contributed by atoms with E-state index in [9.17, 15) is 28.7 Å². The van der Waals surface area contributed by atoms with Gasteiger partial charge in [0.2, 0.25) is 0 Å². The third-order valence-electron chi connectivity index (χ3n) is 1.49. The van der Waals surface area contributed by atoms with Gasteiger partial charge < -0.3 is 37.8 Å². The number of hydrogen-bond donors (Lipinski definition) is 0. The molecule has 0 amide bonds. The predicted molar refractivity (Wildman–Crippen MR) is 56.9 cm³/mol. The molecule has 0 fully saturated rings. The number of phosphoric acid groups is 2. The Morgan fingerprint density at radius 3 is 1.21 bits per heavy atom. The monoisotopic (exact) mass is 352 g/mol. The van der Waals surface area contributed by atoms with E-state index < -0.39 is 15.6 Å². The number of unbranched alkanes of at least 4 members (excludes halogenated alkanes) is 2. The Kier molecular flexibility index (Phi) is 18.2. The van der Waals surface area contributed by atoms with Crippen LogP contribution in [0.2, 0.25) is 0 Å². The van der Waals surface area contributed by atoms with Crippen LogP contribution < -0.4 is 19.6 Å². The summed E-state index contributed by atoms with van der Waals surface area (Å²) < 4.78 is 27.3. The first-order chi connectivity index (χ1) is 8.12. The Morgan fingerprint density at radius 1 is 0.789 bits per heavy atom. The molecule has 0 saturated carbocycles. The molecule has 0 saturated heterocycles. The topological polar surface area (TPSA) is 145 Å². The van der Waals surface area contributed by atoms with Crippen molar-refractivity contribution < 1.29 is 59.5 Å². The van der Waals surface area contributed by atoms with Crippen LogP contribution in [0.1, 0.15) is 39.5 Å². The van der Waals surface area contributed by atoms with E-state index in [1.54, 1.807) is 0 Å². The second-order valence-corrected chi connectivity index (χ2v) is 5.57. The van der Waals surface area contributed by atoms with Crippen LogP contribution in [-0.4, -0.2) is 13.2 Å². The van der Waals surface area contributed by atoms with Gasteiger partial charge in [-0.25, -0.2) is 0 Å². The van der Waals surface area contributed by atoms with Crippen molar-refractivity contribution in [3.05, 3.63) is 0 Å². The summed E-state index contributed by atoms with van der Waals surface area (Å²) in [5.74, 6) is 0. The molecule has 0 aromatic rings. The van der Waals surface area contributed by atoms with Crippen molar-refractivity contribution in [1.29, 1.82) is 0 Å². The van der Waals surface area contributed by atoms with Crippen molar-refractivity contribution in [2.45, 2.75) is 39.5 Å². The van der Waals surface area contributed by atoms with E-state index in [2.05, 4.69) is 9.05 Å². The molecule has 112 valence electrons. The molecule has 0 aliphatic heterocycles. The first-order valence-electron chi connectivity index (χ1n) is 5.45. The minimum Gasteiger partial charge on any atom is -0.790 e. The predicted octanol–water partition coefficient (Wildman–Crippen LogP) is -0.739. The molecule has 0 aromatic heterocycles. The normalized spacial score (nSPS) is 11.3. The van der Waals surface area contributed by atoms with Gasteiger partial charge >= 0.3 is 21.7 Å². The van der Waals surface area contributed by atoms with Gasteiger partial charge in [-0.2, -0.15) is 0 Å². The summed E-state index contributed by atoms with van der Waals surface area (Å²) in [6, 6.07) is 0. The van der Waals surface area contributed by atoms with Crippen LogP contribution in [0.15, 0.2) is 0 Å². The standard InChI is InChI=1S/2C4H11O4P.Ti/c2*1-2-3-4-8-9(5,6)7;/h2*2-4H2,1H3,(H2,5,6,7);/q;;+4/p-4. The minimum atomic E-state index is -4.70. The van der Waals surface area contributed by atoms with Gasteiger partial charge in [-0.3, -0.25) is 0 Å². The van der Waals surface area contributed by atoms with Crippen LogP contribution in [0.4, 0.5) is 0 Å². The van der Waals surface area contributed by atoms with E-state index in [0.717, 1.165) is 12.8 Å². The van der Waals surface area contributed by atoms with E-state index in [0.29, 0.717) is 12.8 Å². The van der Waals surface area contributed by atoms with Gasteiger partial charge in [-0.1, -0.05) is 26.7 Å². The van der Waals surface area contributed by atoms with Gasteiger partial charge in [0.1, 0.15) is 0 Å². The summed E-state index contributed by atoms with van der Waals surface area (Å²) >= 11 is 0. The molecule has 0 rings (SSSR count). The van der Waals surface area contributed by atoms with Crippen molar-refractivity contribution in [2.24, 2.45) is 0 Å². The Morgan fingerprint density at radius 2 is 1.05 bits per heavy atom. The molecule has 0 aliphatic rings. The van der Waals surface area contributed by atoms with Gasteiger partial charge in [0.25, 0.3) is 0 Å². The fourth-order valence-electron chi connectivity index (χ4n) is 0.641. The molecule has 8 nitrogen and oxygen atoms in total. The summed E-state index contributed by atoms with van der Waals surface area (Å²) in [5, 5.41) is 0. The van der Waals surface area contributed by atoms with Crippen LogP contribution in [0, 0.1) is 0 Å². The average Bonchev–Trinajstić information content (AvgIpc) is 2.16. The summed E-state index contributed by atoms with van der Waals surface area (Å²) in [4.78, 5) is 39.0. The molecule has 0 aromatic carbocycles. The Balaban J connectivity index is -0.000000256. The maximum atomic E-state index is 9.76. The molecule has 0 N–H and O–H groups in total. The molecule has 0 radical (unpaired) electrons. The minimum absolute atomic E-state index is 0. The van der Waals surface area contributed by atoms with E-state index in [4.69, 9.17) is 0 Å². The molecule has 0 bridgehead atoms. The zero-order valence-electron chi connectivity index (χ0n) is 10.9. The van der Waals surface area contributed by atoms with Crippen molar-refractivity contribution in [1.82, 2.24) is 0 Å². The maximum Gasteiger partial charge on any atom is 4.00 e. The summed E-state index contributed by atoms with van der Waals surface area (Å²) in [6.07, 6.45) is 2.85. The fourth-order valence-corrected chi connectivity index (χ4v) is 1.35. The zero-order chi connectivity index (χ0) is 14.7. The number of hydrogen-bond acceptors (Lipinski definition) is 8. The second-order valence-electron chi connectivity index (χ2n) is 3.27.